The van der Waals surface area contributed by atoms with Crippen molar-refractivity contribution in [1.29, 1.82) is 0 Å². The van der Waals surface area contributed by atoms with E-state index in [0.717, 1.165) is 6.20 Å². The Labute approximate surface area is 103 Å². The van der Waals surface area contributed by atoms with E-state index in [1.165, 1.54) is 0 Å². The summed E-state index contributed by atoms with van der Waals surface area (Å²) < 4.78 is 49.3. The summed E-state index contributed by atoms with van der Waals surface area (Å²) in [6.07, 6.45) is -3.42. The molecule has 8 heteroatoms. The smallest absolute Gasteiger partial charge is 0.399 e. The zero-order valence-electron chi connectivity index (χ0n) is 10.6. The maximum atomic E-state index is 12.7. The van der Waals surface area contributed by atoms with Gasteiger partial charge in [0.25, 0.3) is 0 Å². The molecule has 1 fully saturated rings. The van der Waals surface area contributed by atoms with Gasteiger partial charge in [0.05, 0.1) is 11.2 Å². The van der Waals surface area contributed by atoms with E-state index in [1.54, 1.807) is 27.7 Å². The van der Waals surface area contributed by atoms with Crippen LogP contribution in [0.5, 0.6) is 0 Å². The minimum Gasteiger partial charge on any atom is -0.399 e. The van der Waals surface area contributed by atoms with E-state index in [9.17, 15) is 13.2 Å². The minimum atomic E-state index is -4.50. The highest BCUT2D eigenvalue weighted by Crippen LogP contribution is 2.37. The largest absolute Gasteiger partial charge is 0.498 e. The Kier molecular flexibility index (Phi) is 2.79. The molecule has 2 heterocycles. The quantitative estimate of drug-likeness (QED) is 0.784. The summed E-state index contributed by atoms with van der Waals surface area (Å²) in [7, 11) is -1.06. The topological polar surface area (TPSA) is 47.1 Å². The minimum absolute atomic E-state index is 0.124. The van der Waals surface area contributed by atoms with Crippen molar-refractivity contribution >= 4 is 12.6 Å². The predicted molar refractivity (Wildman–Crippen MR) is 59.3 cm³/mol. The van der Waals surface area contributed by atoms with Crippen LogP contribution in [-0.2, 0) is 15.5 Å². The molecule has 0 radical (unpaired) electrons. The molecule has 0 bridgehead atoms. The summed E-state index contributed by atoms with van der Waals surface area (Å²) in [4.78, 5) is 0. The van der Waals surface area contributed by atoms with Gasteiger partial charge in [0.2, 0.25) is 0 Å². The van der Waals surface area contributed by atoms with Gasteiger partial charge in [0.1, 0.15) is 5.69 Å². The molecule has 0 aliphatic carbocycles. The highest BCUT2D eigenvalue weighted by atomic mass is 19.4. The van der Waals surface area contributed by atoms with Gasteiger partial charge < -0.3 is 9.31 Å². The normalized spacial score (nSPS) is 22.5. The second-order valence-corrected chi connectivity index (χ2v) is 5.29. The van der Waals surface area contributed by atoms with Gasteiger partial charge in [-0.25, -0.2) is 0 Å². The summed E-state index contributed by atoms with van der Waals surface area (Å²) in [6, 6.07) is 0. The average molecular weight is 262 g/mol. The van der Waals surface area contributed by atoms with E-state index in [-0.39, 0.29) is 5.46 Å². The fourth-order valence-electron chi connectivity index (χ4n) is 1.67. The number of rotatable bonds is 1. The zero-order chi connectivity index (χ0) is 13.8. The molecule has 1 aliphatic heterocycles. The van der Waals surface area contributed by atoms with Crippen LogP contribution in [0.15, 0.2) is 6.20 Å². The Morgan fingerprint density at radius 1 is 1.17 bits per heavy atom. The fourth-order valence-corrected chi connectivity index (χ4v) is 1.67. The Hall–Kier alpha value is -1.02. The number of nitrogens with one attached hydrogen (secondary N) is 1. The number of aromatic amines is 1. The van der Waals surface area contributed by atoms with Crippen molar-refractivity contribution in [3.05, 3.63) is 11.9 Å². The SMILES string of the molecule is CC1(C)OB(c2cn[nH]c2C(F)(F)F)OC1(C)C. The van der Waals surface area contributed by atoms with Gasteiger partial charge in [-0.2, -0.15) is 18.3 Å². The summed E-state index contributed by atoms with van der Waals surface area (Å²) >= 11 is 0. The van der Waals surface area contributed by atoms with Crippen molar-refractivity contribution < 1.29 is 22.5 Å². The van der Waals surface area contributed by atoms with Gasteiger partial charge in [-0.15, -0.1) is 0 Å². The van der Waals surface area contributed by atoms with Gasteiger partial charge in [-0.1, -0.05) is 0 Å². The first-order valence-corrected chi connectivity index (χ1v) is 5.51. The van der Waals surface area contributed by atoms with E-state index >= 15 is 0 Å². The lowest BCUT2D eigenvalue weighted by atomic mass is 9.79. The third-order valence-corrected chi connectivity index (χ3v) is 3.46. The lowest BCUT2D eigenvalue weighted by Crippen LogP contribution is -2.41. The first-order chi connectivity index (χ1) is 8.05. The lowest BCUT2D eigenvalue weighted by Gasteiger charge is -2.32. The maximum absolute atomic E-state index is 12.7. The van der Waals surface area contributed by atoms with Crippen molar-refractivity contribution in [3.8, 4) is 0 Å². The van der Waals surface area contributed by atoms with Gasteiger partial charge >= 0.3 is 13.3 Å². The van der Waals surface area contributed by atoms with Crippen LogP contribution < -0.4 is 5.46 Å². The fraction of sp³-hybridized carbons (Fsp3) is 0.700. The van der Waals surface area contributed by atoms with Gasteiger partial charge in [0.15, 0.2) is 0 Å². The molecule has 18 heavy (non-hydrogen) atoms. The van der Waals surface area contributed by atoms with Crippen LogP contribution in [0.4, 0.5) is 13.2 Å². The summed E-state index contributed by atoms with van der Waals surface area (Å²) in [5.74, 6) is 0. The van der Waals surface area contributed by atoms with Gasteiger partial charge in [0, 0.05) is 11.7 Å². The van der Waals surface area contributed by atoms with Gasteiger partial charge in [-0.05, 0) is 27.7 Å². The number of nitrogens with zero attached hydrogens (tertiary/aromatic N) is 1. The number of aromatic nitrogens is 2. The Balaban J connectivity index is 2.34. The van der Waals surface area contributed by atoms with Crippen LogP contribution in [0.25, 0.3) is 0 Å². The van der Waals surface area contributed by atoms with Crippen LogP contribution in [0.3, 0.4) is 0 Å². The molecule has 0 amide bonds. The number of alkyl halides is 3. The maximum Gasteiger partial charge on any atom is 0.498 e. The predicted octanol–water partition coefficient (Wildman–Crippen LogP) is 1.73. The molecule has 0 atom stereocenters. The molecule has 1 aromatic rings. The molecule has 1 aromatic heterocycles. The van der Waals surface area contributed by atoms with Crippen LogP contribution in [0.2, 0.25) is 0 Å². The Morgan fingerprint density at radius 2 is 1.67 bits per heavy atom. The van der Waals surface area contributed by atoms with Crippen molar-refractivity contribution in [2.24, 2.45) is 0 Å². The van der Waals surface area contributed by atoms with Gasteiger partial charge in [-0.3, -0.25) is 5.10 Å². The first-order valence-electron chi connectivity index (χ1n) is 5.51. The number of H-pyrrole nitrogens is 1. The third kappa shape index (κ3) is 2.03. The summed E-state index contributed by atoms with van der Waals surface area (Å²) in [5, 5.41) is 5.37. The molecule has 1 aliphatic rings. The van der Waals surface area contributed by atoms with E-state index in [1.807, 2.05) is 5.10 Å². The van der Waals surface area contributed by atoms with Crippen LogP contribution in [-0.4, -0.2) is 28.5 Å². The Bertz CT molecular complexity index is 440. The van der Waals surface area contributed by atoms with Crippen LogP contribution in [0, 0.1) is 0 Å². The van der Waals surface area contributed by atoms with E-state index in [0.29, 0.717) is 0 Å². The summed E-state index contributed by atoms with van der Waals surface area (Å²) in [6.45, 7) is 7.11. The van der Waals surface area contributed by atoms with Crippen molar-refractivity contribution in [3.63, 3.8) is 0 Å². The molecule has 4 nitrogen and oxygen atoms in total. The second kappa shape index (κ2) is 3.74. The number of hydrogen-bond acceptors (Lipinski definition) is 3. The highest BCUT2D eigenvalue weighted by Gasteiger charge is 2.54. The Morgan fingerprint density at radius 3 is 2.11 bits per heavy atom. The van der Waals surface area contributed by atoms with Crippen molar-refractivity contribution in [1.82, 2.24) is 10.2 Å². The molecular weight excluding hydrogens is 248 g/mol. The molecule has 100 valence electrons. The molecule has 0 aromatic carbocycles. The molecule has 0 saturated carbocycles. The second-order valence-electron chi connectivity index (χ2n) is 5.29. The van der Waals surface area contributed by atoms with E-state index < -0.39 is 30.2 Å². The van der Waals surface area contributed by atoms with E-state index in [4.69, 9.17) is 9.31 Å². The molecule has 2 rings (SSSR count). The highest BCUT2D eigenvalue weighted by molar-refractivity contribution is 6.62. The average Bonchev–Trinajstić information content (AvgIpc) is 2.68. The molecule has 1 N–H and O–H groups in total. The monoisotopic (exact) mass is 262 g/mol. The number of hydrogen-bond donors (Lipinski definition) is 1. The van der Waals surface area contributed by atoms with Crippen molar-refractivity contribution in [2.45, 2.75) is 45.1 Å². The van der Waals surface area contributed by atoms with Crippen LogP contribution >= 0.6 is 0 Å². The molecule has 0 spiro atoms. The standard InChI is InChI=1S/C10H14BF3N2O2/c1-8(2)9(3,4)18-11(17-8)6-5-15-16-7(6)10(12,13)14/h5H,1-4H3,(H,15,16). The van der Waals surface area contributed by atoms with Crippen molar-refractivity contribution in [2.75, 3.05) is 0 Å². The van der Waals surface area contributed by atoms with Crippen LogP contribution in [0.1, 0.15) is 33.4 Å². The third-order valence-electron chi connectivity index (χ3n) is 3.46. The van der Waals surface area contributed by atoms with E-state index in [2.05, 4.69) is 5.10 Å². The lowest BCUT2D eigenvalue weighted by molar-refractivity contribution is -0.140. The molecule has 0 unspecified atom stereocenters. The molecule has 1 saturated heterocycles. The summed E-state index contributed by atoms with van der Waals surface area (Å²) in [5.41, 5.74) is -2.42. The first kappa shape index (κ1) is 13.4. The number of halogens is 3. The molecular formula is C10H14BF3N2O2. The zero-order valence-corrected chi connectivity index (χ0v) is 10.6.